The molecule has 0 amide bonds. The number of sulfonamides is 2. The summed E-state index contributed by atoms with van der Waals surface area (Å²) in [6.45, 7) is 1.40. The second-order valence-electron chi connectivity index (χ2n) is 4.98. The van der Waals surface area contributed by atoms with Gasteiger partial charge in [-0.1, -0.05) is 11.6 Å². The number of benzene rings is 2. The van der Waals surface area contributed by atoms with Crippen LogP contribution in [0.25, 0.3) is 0 Å². The summed E-state index contributed by atoms with van der Waals surface area (Å²) < 4.78 is 49.3. The average Bonchev–Trinajstić information content (AvgIpc) is 2.48. The van der Waals surface area contributed by atoms with E-state index >= 15 is 0 Å². The highest BCUT2D eigenvalue weighted by atomic mass is 35.5. The van der Waals surface area contributed by atoms with E-state index in [-0.39, 0.29) is 21.2 Å². The number of nitrogens with two attached hydrogens (primary N) is 1. The van der Waals surface area contributed by atoms with Crippen molar-refractivity contribution in [2.24, 2.45) is 5.14 Å². The number of primary sulfonamides is 1. The van der Waals surface area contributed by atoms with Gasteiger partial charge in [0.05, 0.1) is 19.7 Å². The summed E-state index contributed by atoms with van der Waals surface area (Å²) in [4.78, 5) is 9.68. The first-order valence-electron chi connectivity index (χ1n) is 6.52. The van der Waals surface area contributed by atoms with Gasteiger partial charge in [-0.25, -0.2) is 22.0 Å². The number of nitro benzene ring substituents is 1. The third kappa shape index (κ3) is 4.25. The molecule has 3 N–H and O–H groups in total. The molecule has 0 saturated heterocycles. The van der Waals surface area contributed by atoms with Crippen molar-refractivity contribution in [3.63, 3.8) is 0 Å². The van der Waals surface area contributed by atoms with E-state index in [1.165, 1.54) is 19.1 Å². The molecule has 0 aromatic heterocycles. The van der Waals surface area contributed by atoms with Crippen LogP contribution in [0.5, 0.6) is 0 Å². The molecule has 0 aliphatic rings. The number of hydrogen-bond donors (Lipinski definition) is 2. The summed E-state index contributed by atoms with van der Waals surface area (Å²) in [5.74, 6) is 0. The van der Waals surface area contributed by atoms with Crippen molar-refractivity contribution >= 4 is 43.0 Å². The number of halogens is 1. The molecule has 0 aliphatic heterocycles. The van der Waals surface area contributed by atoms with Crippen LogP contribution in [0.4, 0.5) is 11.4 Å². The van der Waals surface area contributed by atoms with Gasteiger partial charge in [-0.2, -0.15) is 0 Å². The minimum absolute atomic E-state index is 0.0479. The number of rotatable bonds is 5. The molecule has 0 heterocycles. The van der Waals surface area contributed by atoms with E-state index in [1.807, 2.05) is 0 Å². The Morgan fingerprint density at radius 3 is 2.12 bits per heavy atom. The van der Waals surface area contributed by atoms with Crippen molar-refractivity contribution in [3.8, 4) is 0 Å². The summed E-state index contributed by atoms with van der Waals surface area (Å²) in [5, 5.41) is 15.9. The molecule has 12 heteroatoms. The van der Waals surface area contributed by atoms with Crippen molar-refractivity contribution in [3.05, 3.63) is 57.1 Å². The van der Waals surface area contributed by atoms with Gasteiger partial charge in [0, 0.05) is 17.3 Å². The lowest BCUT2D eigenvalue weighted by Gasteiger charge is -2.10. The number of nitrogens with one attached hydrogen (secondary N) is 1. The minimum atomic E-state index is -4.18. The number of nitro groups is 1. The Balaban J connectivity index is 2.41. The standard InChI is InChI=1S/C13H12ClN3O6S2/c1-8-12(14)6-11(7-13(8)17(18)19)25(22,23)16-9-2-4-10(5-3-9)24(15,20)21/h2-7,16H,1H3,(H2,15,20,21). The SMILES string of the molecule is Cc1c(Cl)cc(S(=O)(=O)Nc2ccc(S(N)(=O)=O)cc2)cc1[N+](=O)[O-]. The third-order valence-corrected chi connectivity index (χ3v) is 5.92. The van der Waals surface area contributed by atoms with E-state index in [0.717, 1.165) is 24.3 Å². The predicted octanol–water partition coefficient (Wildman–Crippen LogP) is 2.00. The fraction of sp³-hybridized carbons (Fsp3) is 0.0769. The maximum atomic E-state index is 12.4. The summed E-state index contributed by atoms with van der Waals surface area (Å²) in [6, 6.07) is 6.62. The third-order valence-electron chi connectivity index (χ3n) is 3.23. The first-order valence-corrected chi connectivity index (χ1v) is 9.93. The van der Waals surface area contributed by atoms with Gasteiger partial charge in [0.2, 0.25) is 10.0 Å². The zero-order valence-corrected chi connectivity index (χ0v) is 15.0. The molecule has 0 saturated carbocycles. The molecule has 0 atom stereocenters. The Kier molecular flexibility index (Phi) is 5.04. The van der Waals surface area contributed by atoms with Gasteiger partial charge >= 0.3 is 0 Å². The van der Waals surface area contributed by atoms with Crippen LogP contribution in [0.2, 0.25) is 5.02 Å². The smallest absolute Gasteiger partial charge is 0.275 e. The van der Waals surface area contributed by atoms with Crippen LogP contribution in [0.15, 0.2) is 46.2 Å². The lowest BCUT2D eigenvalue weighted by atomic mass is 10.2. The summed E-state index contributed by atoms with van der Waals surface area (Å²) >= 11 is 5.87. The number of nitrogens with zero attached hydrogens (tertiary/aromatic N) is 1. The lowest BCUT2D eigenvalue weighted by Crippen LogP contribution is -2.15. The Morgan fingerprint density at radius 1 is 1.08 bits per heavy atom. The average molecular weight is 406 g/mol. The van der Waals surface area contributed by atoms with Crippen LogP contribution >= 0.6 is 11.6 Å². The molecular weight excluding hydrogens is 394 g/mol. The van der Waals surface area contributed by atoms with E-state index in [0.29, 0.717) is 0 Å². The maximum absolute atomic E-state index is 12.4. The van der Waals surface area contributed by atoms with Crippen molar-refractivity contribution in [1.29, 1.82) is 0 Å². The highest BCUT2D eigenvalue weighted by molar-refractivity contribution is 7.92. The van der Waals surface area contributed by atoms with Crippen molar-refractivity contribution in [1.82, 2.24) is 0 Å². The topological polar surface area (TPSA) is 149 Å². The van der Waals surface area contributed by atoms with Crippen LogP contribution < -0.4 is 9.86 Å². The highest BCUT2D eigenvalue weighted by Crippen LogP contribution is 2.30. The van der Waals surface area contributed by atoms with Gasteiger partial charge in [-0.3, -0.25) is 14.8 Å². The number of anilines is 1. The highest BCUT2D eigenvalue weighted by Gasteiger charge is 2.22. The van der Waals surface area contributed by atoms with E-state index in [2.05, 4.69) is 4.72 Å². The van der Waals surface area contributed by atoms with Gasteiger partial charge < -0.3 is 0 Å². The zero-order valence-electron chi connectivity index (χ0n) is 12.6. The molecule has 2 aromatic carbocycles. The quantitative estimate of drug-likeness (QED) is 0.573. The Bertz CT molecular complexity index is 1050. The summed E-state index contributed by atoms with van der Waals surface area (Å²) in [5.41, 5.74) is -0.243. The molecule has 0 unspecified atom stereocenters. The molecule has 0 radical (unpaired) electrons. The molecular formula is C13H12ClN3O6S2. The molecule has 2 aromatic rings. The Hall–Kier alpha value is -2.21. The molecule has 9 nitrogen and oxygen atoms in total. The van der Waals surface area contributed by atoms with Crippen LogP contribution in [0, 0.1) is 17.0 Å². The van der Waals surface area contributed by atoms with Gasteiger partial charge in [-0.15, -0.1) is 0 Å². The van der Waals surface area contributed by atoms with Crippen LogP contribution in [-0.2, 0) is 20.0 Å². The van der Waals surface area contributed by atoms with Crippen molar-refractivity contribution in [2.75, 3.05) is 4.72 Å². The van der Waals surface area contributed by atoms with Gasteiger partial charge in [-0.05, 0) is 37.3 Å². The van der Waals surface area contributed by atoms with Crippen LogP contribution in [-0.4, -0.2) is 21.8 Å². The van der Waals surface area contributed by atoms with E-state index in [9.17, 15) is 26.9 Å². The number of hydrogen-bond acceptors (Lipinski definition) is 6. The second-order valence-corrected chi connectivity index (χ2v) is 8.63. The lowest BCUT2D eigenvalue weighted by molar-refractivity contribution is -0.385. The second kappa shape index (κ2) is 6.59. The molecule has 25 heavy (non-hydrogen) atoms. The molecule has 0 fully saturated rings. The molecule has 0 spiro atoms. The zero-order chi connectivity index (χ0) is 19.0. The van der Waals surface area contributed by atoms with Crippen molar-refractivity contribution in [2.45, 2.75) is 16.7 Å². The van der Waals surface area contributed by atoms with E-state index in [1.54, 1.807) is 0 Å². The van der Waals surface area contributed by atoms with Crippen molar-refractivity contribution < 1.29 is 21.8 Å². The Morgan fingerprint density at radius 2 is 1.64 bits per heavy atom. The molecule has 134 valence electrons. The fourth-order valence-electron chi connectivity index (χ4n) is 1.91. The fourth-order valence-corrected chi connectivity index (χ4v) is 3.81. The minimum Gasteiger partial charge on any atom is -0.280 e. The monoisotopic (exact) mass is 405 g/mol. The van der Waals surface area contributed by atoms with E-state index < -0.39 is 35.6 Å². The normalized spacial score (nSPS) is 12.0. The maximum Gasteiger partial charge on any atom is 0.275 e. The van der Waals surface area contributed by atoms with E-state index in [4.69, 9.17) is 16.7 Å². The van der Waals surface area contributed by atoms with Gasteiger partial charge in [0.1, 0.15) is 0 Å². The summed E-state index contributed by atoms with van der Waals surface area (Å²) in [6.07, 6.45) is 0. The largest absolute Gasteiger partial charge is 0.280 e. The Labute approximate surface area is 148 Å². The molecule has 2 rings (SSSR count). The molecule has 0 aliphatic carbocycles. The van der Waals surface area contributed by atoms with Gasteiger partial charge in [0.25, 0.3) is 15.7 Å². The first kappa shape index (κ1) is 19.1. The first-order chi connectivity index (χ1) is 11.4. The van der Waals surface area contributed by atoms with Crippen LogP contribution in [0.3, 0.4) is 0 Å². The summed E-state index contributed by atoms with van der Waals surface area (Å²) in [7, 11) is -8.09. The van der Waals surface area contributed by atoms with Gasteiger partial charge in [0.15, 0.2) is 0 Å². The molecule has 0 bridgehead atoms. The predicted molar refractivity (Wildman–Crippen MR) is 91.5 cm³/mol. The van der Waals surface area contributed by atoms with Crippen LogP contribution in [0.1, 0.15) is 5.56 Å².